The van der Waals surface area contributed by atoms with E-state index in [1.807, 2.05) is 6.07 Å². The molecule has 114 valence electrons. The standard InChI is InChI=1S/C17H25N3S/c18-17(21)16(14-6-2-1-3-7-14)13-19-10-11-20-9-5-4-8-15(20)12-19/h1-3,6-7,15-16H,4-5,8-13H2,(H2,18,21). The van der Waals surface area contributed by atoms with Crippen LogP contribution in [-0.2, 0) is 0 Å². The Morgan fingerprint density at radius 2 is 2.00 bits per heavy atom. The summed E-state index contributed by atoms with van der Waals surface area (Å²) in [6.45, 7) is 5.76. The molecule has 2 aliphatic heterocycles. The van der Waals surface area contributed by atoms with Crippen molar-refractivity contribution in [2.75, 3.05) is 32.7 Å². The van der Waals surface area contributed by atoms with Gasteiger partial charge in [0.15, 0.2) is 0 Å². The highest BCUT2D eigenvalue weighted by Crippen LogP contribution is 2.24. The molecule has 4 heteroatoms. The molecule has 1 aromatic carbocycles. The maximum Gasteiger partial charge on any atom is 0.0816 e. The highest BCUT2D eigenvalue weighted by atomic mass is 32.1. The number of thiocarbonyl (C=S) groups is 1. The number of rotatable bonds is 4. The highest BCUT2D eigenvalue weighted by Gasteiger charge is 2.30. The van der Waals surface area contributed by atoms with Crippen LogP contribution >= 0.6 is 12.2 Å². The van der Waals surface area contributed by atoms with Gasteiger partial charge in [0.05, 0.1) is 4.99 Å². The third kappa shape index (κ3) is 3.62. The molecule has 0 bridgehead atoms. The van der Waals surface area contributed by atoms with Crippen molar-refractivity contribution in [1.82, 2.24) is 9.80 Å². The average molecular weight is 303 g/mol. The van der Waals surface area contributed by atoms with Crippen molar-refractivity contribution in [2.24, 2.45) is 5.73 Å². The molecule has 2 aliphatic rings. The van der Waals surface area contributed by atoms with Crippen molar-refractivity contribution >= 4 is 17.2 Å². The predicted octanol–water partition coefficient (Wildman–Crippen LogP) is 2.23. The van der Waals surface area contributed by atoms with Gasteiger partial charge in [-0.25, -0.2) is 0 Å². The Labute approximate surface area is 133 Å². The molecule has 2 fully saturated rings. The normalized spacial score (nSPS) is 25.2. The van der Waals surface area contributed by atoms with Gasteiger partial charge in [0, 0.05) is 38.1 Å². The zero-order chi connectivity index (χ0) is 14.7. The molecule has 0 aliphatic carbocycles. The summed E-state index contributed by atoms with van der Waals surface area (Å²) in [5, 5.41) is 0. The average Bonchev–Trinajstić information content (AvgIpc) is 2.53. The van der Waals surface area contributed by atoms with Gasteiger partial charge in [-0.3, -0.25) is 9.80 Å². The maximum absolute atomic E-state index is 6.01. The second-order valence-electron chi connectivity index (χ2n) is 6.31. The summed E-state index contributed by atoms with van der Waals surface area (Å²) < 4.78 is 0. The number of fused-ring (bicyclic) bond motifs is 1. The number of nitrogens with two attached hydrogens (primary N) is 1. The molecule has 2 N–H and O–H groups in total. The molecule has 2 saturated heterocycles. The first-order chi connectivity index (χ1) is 10.2. The van der Waals surface area contributed by atoms with Crippen molar-refractivity contribution < 1.29 is 0 Å². The molecule has 21 heavy (non-hydrogen) atoms. The zero-order valence-electron chi connectivity index (χ0n) is 12.6. The van der Waals surface area contributed by atoms with Crippen LogP contribution in [0.15, 0.2) is 30.3 Å². The Morgan fingerprint density at radius 3 is 2.76 bits per heavy atom. The summed E-state index contributed by atoms with van der Waals surface area (Å²) in [5.74, 6) is 0.177. The lowest BCUT2D eigenvalue weighted by Crippen LogP contribution is -2.55. The largest absolute Gasteiger partial charge is 0.393 e. The van der Waals surface area contributed by atoms with Crippen LogP contribution in [0.5, 0.6) is 0 Å². The maximum atomic E-state index is 6.01. The van der Waals surface area contributed by atoms with E-state index in [2.05, 4.69) is 34.1 Å². The first-order valence-electron chi connectivity index (χ1n) is 8.04. The number of nitrogens with zero attached hydrogens (tertiary/aromatic N) is 2. The molecule has 0 radical (unpaired) electrons. The monoisotopic (exact) mass is 303 g/mol. The van der Waals surface area contributed by atoms with Crippen molar-refractivity contribution in [1.29, 1.82) is 0 Å². The van der Waals surface area contributed by atoms with Crippen LogP contribution < -0.4 is 5.73 Å². The first-order valence-corrected chi connectivity index (χ1v) is 8.45. The molecule has 0 saturated carbocycles. The zero-order valence-corrected chi connectivity index (χ0v) is 13.4. The van der Waals surface area contributed by atoms with Gasteiger partial charge in [-0.15, -0.1) is 0 Å². The third-order valence-electron chi connectivity index (χ3n) is 4.91. The minimum atomic E-state index is 0.177. The Hall–Kier alpha value is -0.970. The van der Waals surface area contributed by atoms with Crippen molar-refractivity contribution in [2.45, 2.75) is 31.2 Å². The summed E-state index contributed by atoms with van der Waals surface area (Å²) in [5.41, 5.74) is 7.26. The SMILES string of the molecule is NC(=S)C(CN1CCN2CCCCC2C1)c1ccccc1. The number of benzene rings is 1. The highest BCUT2D eigenvalue weighted by molar-refractivity contribution is 7.80. The van der Waals surface area contributed by atoms with Gasteiger partial charge in [0.2, 0.25) is 0 Å². The van der Waals surface area contributed by atoms with E-state index in [-0.39, 0.29) is 5.92 Å². The fourth-order valence-corrected chi connectivity index (χ4v) is 3.90. The lowest BCUT2D eigenvalue weighted by atomic mass is 9.95. The Kier molecular flexibility index (Phi) is 4.88. The van der Waals surface area contributed by atoms with Crippen LogP contribution in [0.2, 0.25) is 0 Å². The van der Waals surface area contributed by atoms with Crippen LogP contribution in [0, 0.1) is 0 Å². The number of hydrogen-bond acceptors (Lipinski definition) is 3. The van der Waals surface area contributed by atoms with Crippen molar-refractivity contribution in [3.05, 3.63) is 35.9 Å². The van der Waals surface area contributed by atoms with Gasteiger partial charge in [-0.05, 0) is 24.9 Å². The molecule has 0 spiro atoms. The molecule has 3 rings (SSSR count). The van der Waals surface area contributed by atoms with Crippen LogP contribution in [0.25, 0.3) is 0 Å². The minimum absolute atomic E-state index is 0.177. The molecular weight excluding hydrogens is 278 g/mol. The van der Waals surface area contributed by atoms with E-state index in [1.54, 1.807) is 0 Å². The number of piperidine rings is 1. The van der Waals surface area contributed by atoms with Gasteiger partial charge in [0.1, 0.15) is 0 Å². The lowest BCUT2D eigenvalue weighted by Gasteiger charge is -2.44. The molecule has 3 nitrogen and oxygen atoms in total. The minimum Gasteiger partial charge on any atom is -0.393 e. The molecule has 0 amide bonds. The topological polar surface area (TPSA) is 32.5 Å². The third-order valence-corrected chi connectivity index (χ3v) is 5.19. The molecule has 2 atom stereocenters. The Bertz CT molecular complexity index is 476. The fraction of sp³-hybridized carbons (Fsp3) is 0.588. The van der Waals surface area contributed by atoms with E-state index in [4.69, 9.17) is 18.0 Å². The lowest BCUT2D eigenvalue weighted by molar-refractivity contribution is 0.0490. The van der Waals surface area contributed by atoms with Gasteiger partial charge in [0.25, 0.3) is 0 Å². The molecule has 0 aromatic heterocycles. The molecule has 2 heterocycles. The van der Waals surface area contributed by atoms with Crippen LogP contribution in [0.4, 0.5) is 0 Å². The van der Waals surface area contributed by atoms with Crippen LogP contribution in [-0.4, -0.2) is 53.6 Å². The van der Waals surface area contributed by atoms with Crippen molar-refractivity contribution in [3.63, 3.8) is 0 Å². The van der Waals surface area contributed by atoms with Gasteiger partial charge >= 0.3 is 0 Å². The van der Waals surface area contributed by atoms with Gasteiger partial charge < -0.3 is 5.73 Å². The van der Waals surface area contributed by atoms with E-state index >= 15 is 0 Å². The number of piperazine rings is 1. The van der Waals surface area contributed by atoms with E-state index in [9.17, 15) is 0 Å². The number of hydrogen-bond donors (Lipinski definition) is 1. The molecular formula is C17H25N3S. The van der Waals surface area contributed by atoms with Crippen LogP contribution in [0.3, 0.4) is 0 Å². The van der Waals surface area contributed by atoms with Crippen molar-refractivity contribution in [3.8, 4) is 0 Å². The van der Waals surface area contributed by atoms with Gasteiger partial charge in [-0.1, -0.05) is 49.0 Å². The molecule has 1 aromatic rings. The Morgan fingerprint density at radius 1 is 1.19 bits per heavy atom. The van der Waals surface area contributed by atoms with Crippen LogP contribution in [0.1, 0.15) is 30.7 Å². The van der Waals surface area contributed by atoms with Gasteiger partial charge in [-0.2, -0.15) is 0 Å². The molecule has 2 unspecified atom stereocenters. The van der Waals surface area contributed by atoms with E-state index < -0.39 is 0 Å². The summed E-state index contributed by atoms with van der Waals surface area (Å²) in [7, 11) is 0. The second-order valence-corrected chi connectivity index (χ2v) is 6.78. The second kappa shape index (κ2) is 6.86. The summed E-state index contributed by atoms with van der Waals surface area (Å²) in [6, 6.07) is 11.2. The summed E-state index contributed by atoms with van der Waals surface area (Å²) in [4.78, 5) is 5.84. The van der Waals surface area contributed by atoms with E-state index in [0.717, 1.165) is 19.1 Å². The van der Waals surface area contributed by atoms with E-state index in [1.165, 1.54) is 44.5 Å². The summed E-state index contributed by atoms with van der Waals surface area (Å²) >= 11 is 5.32. The smallest absolute Gasteiger partial charge is 0.0816 e. The fourth-order valence-electron chi connectivity index (χ4n) is 3.69. The van der Waals surface area contributed by atoms with E-state index in [0.29, 0.717) is 4.99 Å². The predicted molar refractivity (Wildman–Crippen MR) is 91.6 cm³/mol. The summed E-state index contributed by atoms with van der Waals surface area (Å²) in [6.07, 6.45) is 4.10. The first kappa shape index (κ1) is 14.9. The quantitative estimate of drug-likeness (QED) is 0.865. The Balaban J connectivity index is 1.65.